The standard InChI is InChI=1S/C31H34N8O6S/c32-46(44,45)26-3-1-2-24(17-26)21-8-4-19(5-9-21)16-27(35-29(40)23-10-6-20(7-11-23)18-33-31(42)43)30(41)34-25-14-12-22(13-15-25)28-36-38-39-37-28/h1-5,8-9,12-15,17,20,23,27,33H,6-7,10-11,16,18H2,(H,34,41)(H,35,40)(H,42,43)(H2,32,44,45)(H,36,37,38,39)/t20-,23-,27-/m0/s1. The van der Waals surface area contributed by atoms with E-state index < -0.39 is 28.1 Å². The zero-order valence-electron chi connectivity index (χ0n) is 24.7. The lowest BCUT2D eigenvalue weighted by atomic mass is 9.81. The van der Waals surface area contributed by atoms with Crippen LogP contribution in [0.2, 0.25) is 0 Å². The summed E-state index contributed by atoms with van der Waals surface area (Å²) >= 11 is 0. The van der Waals surface area contributed by atoms with Crippen molar-refractivity contribution in [2.24, 2.45) is 17.0 Å². The van der Waals surface area contributed by atoms with Gasteiger partial charge in [0, 0.05) is 30.1 Å². The Morgan fingerprint density at radius 3 is 2.26 bits per heavy atom. The summed E-state index contributed by atoms with van der Waals surface area (Å²) in [6.45, 7) is 0.350. The first-order valence-corrected chi connectivity index (χ1v) is 16.2. The van der Waals surface area contributed by atoms with Crippen LogP contribution in [0.1, 0.15) is 31.2 Å². The number of anilines is 1. The molecular formula is C31H34N8O6S. The van der Waals surface area contributed by atoms with E-state index >= 15 is 0 Å². The van der Waals surface area contributed by atoms with Crippen LogP contribution in [-0.2, 0) is 26.0 Å². The monoisotopic (exact) mass is 646 g/mol. The molecule has 5 rings (SSSR count). The number of hydrogen-bond acceptors (Lipinski definition) is 8. The number of hydrogen-bond donors (Lipinski definition) is 6. The second-order valence-electron chi connectivity index (χ2n) is 11.3. The number of nitrogens with one attached hydrogen (secondary N) is 4. The Morgan fingerprint density at radius 1 is 0.935 bits per heavy atom. The second kappa shape index (κ2) is 14.3. The van der Waals surface area contributed by atoms with Gasteiger partial charge < -0.3 is 21.1 Å². The number of H-pyrrole nitrogens is 1. The Labute approximate surface area is 265 Å². The van der Waals surface area contributed by atoms with Crippen molar-refractivity contribution < 1.29 is 27.9 Å². The van der Waals surface area contributed by atoms with Crippen LogP contribution in [0.5, 0.6) is 0 Å². The summed E-state index contributed by atoms with van der Waals surface area (Å²) in [5.41, 5.74) is 3.46. The highest BCUT2D eigenvalue weighted by molar-refractivity contribution is 7.89. The topological polar surface area (TPSA) is 222 Å². The summed E-state index contributed by atoms with van der Waals surface area (Å²) in [5.74, 6) is -0.267. The summed E-state index contributed by atoms with van der Waals surface area (Å²) in [4.78, 5) is 37.8. The Morgan fingerprint density at radius 2 is 1.63 bits per heavy atom. The molecule has 1 aliphatic rings. The number of nitrogens with zero attached hydrogens (tertiary/aromatic N) is 3. The highest BCUT2D eigenvalue weighted by Crippen LogP contribution is 2.29. The predicted octanol–water partition coefficient (Wildman–Crippen LogP) is 2.92. The molecule has 3 aromatic carbocycles. The number of carbonyl (C=O) groups excluding carboxylic acids is 2. The molecule has 4 aromatic rings. The number of benzene rings is 3. The Bertz CT molecular complexity index is 1770. The Balaban J connectivity index is 1.29. The molecule has 0 radical (unpaired) electrons. The predicted molar refractivity (Wildman–Crippen MR) is 169 cm³/mol. The quantitative estimate of drug-likeness (QED) is 0.141. The molecular weight excluding hydrogens is 612 g/mol. The molecule has 1 aromatic heterocycles. The van der Waals surface area contributed by atoms with E-state index in [1.807, 2.05) is 24.3 Å². The summed E-state index contributed by atoms with van der Waals surface area (Å²) < 4.78 is 23.6. The normalized spacial score (nSPS) is 17.1. The number of amides is 3. The molecule has 240 valence electrons. The molecule has 0 aliphatic heterocycles. The van der Waals surface area contributed by atoms with Crippen molar-refractivity contribution in [1.82, 2.24) is 31.3 Å². The molecule has 1 aliphatic carbocycles. The highest BCUT2D eigenvalue weighted by Gasteiger charge is 2.30. The zero-order chi connectivity index (χ0) is 32.7. The van der Waals surface area contributed by atoms with Crippen molar-refractivity contribution >= 4 is 33.6 Å². The average Bonchev–Trinajstić information content (AvgIpc) is 3.59. The summed E-state index contributed by atoms with van der Waals surface area (Å²) in [6, 6.07) is 19.6. The number of carboxylic acid groups (broad SMARTS) is 1. The molecule has 1 fully saturated rings. The maximum Gasteiger partial charge on any atom is 0.404 e. The van der Waals surface area contributed by atoms with E-state index in [4.69, 9.17) is 10.2 Å². The SMILES string of the molecule is NS(=O)(=O)c1cccc(-c2ccc(C[C@H](NC(=O)[C@H]3CC[C@H](CNC(=O)O)CC3)C(=O)Nc3ccc(-c4nnn[nH]4)cc3)cc2)c1. The minimum Gasteiger partial charge on any atom is -0.465 e. The van der Waals surface area contributed by atoms with Crippen LogP contribution >= 0.6 is 0 Å². The number of carbonyl (C=O) groups is 3. The van der Waals surface area contributed by atoms with Crippen molar-refractivity contribution in [2.45, 2.75) is 43.0 Å². The molecule has 0 bridgehead atoms. The Kier molecular flexibility index (Phi) is 10.0. The van der Waals surface area contributed by atoms with E-state index in [1.165, 1.54) is 12.1 Å². The van der Waals surface area contributed by atoms with Gasteiger partial charge in [0.15, 0.2) is 5.82 Å². The molecule has 3 amide bonds. The fourth-order valence-electron chi connectivity index (χ4n) is 5.50. The molecule has 0 saturated heterocycles. The molecule has 46 heavy (non-hydrogen) atoms. The van der Waals surface area contributed by atoms with Gasteiger partial charge >= 0.3 is 6.09 Å². The first kappa shape index (κ1) is 32.2. The molecule has 0 spiro atoms. The molecule has 15 heteroatoms. The van der Waals surface area contributed by atoms with Gasteiger partial charge in [-0.15, -0.1) is 5.10 Å². The number of nitrogens with two attached hydrogens (primary N) is 1. The van der Waals surface area contributed by atoms with Crippen molar-refractivity contribution in [2.75, 3.05) is 11.9 Å². The average molecular weight is 647 g/mol. The van der Waals surface area contributed by atoms with Crippen molar-refractivity contribution in [3.05, 3.63) is 78.4 Å². The highest BCUT2D eigenvalue weighted by atomic mass is 32.2. The van der Waals surface area contributed by atoms with Gasteiger partial charge in [0.2, 0.25) is 21.8 Å². The van der Waals surface area contributed by atoms with E-state index in [-0.39, 0.29) is 29.1 Å². The number of sulfonamides is 1. The molecule has 7 N–H and O–H groups in total. The zero-order valence-corrected chi connectivity index (χ0v) is 25.5. The lowest BCUT2D eigenvalue weighted by Gasteiger charge is -2.29. The van der Waals surface area contributed by atoms with Gasteiger partial charge in [0.25, 0.3) is 0 Å². The van der Waals surface area contributed by atoms with E-state index in [0.717, 1.165) is 16.7 Å². The smallest absolute Gasteiger partial charge is 0.404 e. The number of rotatable bonds is 11. The first-order valence-electron chi connectivity index (χ1n) is 14.7. The van der Waals surface area contributed by atoms with Crippen molar-refractivity contribution in [3.8, 4) is 22.5 Å². The lowest BCUT2D eigenvalue weighted by molar-refractivity contribution is -0.130. The van der Waals surface area contributed by atoms with Crippen LogP contribution in [0, 0.1) is 11.8 Å². The van der Waals surface area contributed by atoms with Gasteiger partial charge in [-0.05, 0) is 95.1 Å². The van der Waals surface area contributed by atoms with Crippen molar-refractivity contribution in [3.63, 3.8) is 0 Å². The molecule has 1 saturated carbocycles. The van der Waals surface area contributed by atoms with Crippen LogP contribution in [-0.4, -0.2) is 64.6 Å². The van der Waals surface area contributed by atoms with Gasteiger partial charge in [-0.1, -0.05) is 36.4 Å². The van der Waals surface area contributed by atoms with Gasteiger partial charge in [0.1, 0.15) is 6.04 Å². The van der Waals surface area contributed by atoms with Crippen LogP contribution in [0.4, 0.5) is 10.5 Å². The molecule has 14 nitrogen and oxygen atoms in total. The summed E-state index contributed by atoms with van der Waals surface area (Å²) in [7, 11) is -3.86. The maximum absolute atomic E-state index is 13.6. The molecule has 1 atom stereocenters. The minimum atomic E-state index is -3.86. The second-order valence-corrected chi connectivity index (χ2v) is 12.8. The van der Waals surface area contributed by atoms with E-state index in [2.05, 4.69) is 36.6 Å². The van der Waals surface area contributed by atoms with Crippen LogP contribution in [0.15, 0.2) is 77.7 Å². The largest absolute Gasteiger partial charge is 0.465 e. The lowest BCUT2D eigenvalue weighted by Crippen LogP contribution is -2.48. The Hall–Kier alpha value is -5.15. The van der Waals surface area contributed by atoms with Crippen molar-refractivity contribution in [1.29, 1.82) is 0 Å². The summed E-state index contributed by atoms with van der Waals surface area (Å²) in [6.07, 6.45) is 1.73. The minimum absolute atomic E-state index is 0.00577. The van der Waals surface area contributed by atoms with Crippen LogP contribution < -0.4 is 21.1 Å². The number of primary sulfonamides is 1. The summed E-state index contributed by atoms with van der Waals surface area (Å²) in [5, 5.41) is 36.1. The third kappa shape index (κ3) is 8.51. The van der Waals surface area contributed by atoms with E-state index in [0.29, 0.717) is 49.3 Å². The first-order chi connectivity index (χ1) is 22.0. The third-order valence-electron chi connectivity index (χ3n) is 8.05. The van der Waals surface area contributed by atoms with E-state index in [9.17, 15) is 22.8 Å². The fourth-order valence-corrected chi connectivity index (χ4v) is 6.06. The van der Waals surface area contributed by atoms with Gasteiger partial charge in [-0.25, -0.2) is 23.4 Å². The van der Waals surface area contributed by atoms with Gasteiger partial charge in [0.05, 0.1) is 4.90 Å². The number of aromatic nitrogens is 4. The molecule has 1 heterocycles. The third-order valence-corrected chi connectivity index (χ3v) is 8.96. The number of aromatic amines is 1. The number of tetrazole rings is 1. The van der Waals surface area contributed by atoms with Gasteiger partial charge in [-0.3, -0.25) is 9.59 Å². The van der Waals surface area contributed by atoms with Gasteiger partial charge in [-0.2, -0.15) is 0 Å². The maximum atomic E-state index is 13.6. The van der Waals surface area contributed by atoms with E-state index in [1.54, 1.807) is 36.4 Å². The van der Waals surface area contributed by atoms with Crippen LogP contribution in [0.25, 0.3) is 22.5 Å². The van der Waals surface area contributed by atoms with Crippen LogP contribution in [0.3, 0.4) is 0 Å². The molecule has 0 unspecified atom stereocenters. The fraction of sp³-hybridized carbons (Fsp3) is 0.290.